The molecule has 1 aromatic rings. The fourth-order valence-corrected chi connectivity index (χ4v) is 6.99. The standard InChI is InChI=1S/C19H19NO4/c1-20-9-17-7-10-3-4-11(21)14-13(10)18(8-17)15(24-14)12(22)5-6-19(18,23-2)16(17)20/h3-6,15-16,21H,7-9H2,1-2H3/t15-,16?,17-,18-,19+/m0/s1. The summed E-state index contributed by atoms with van der Waals surface area (Å²) in [6.07, 6.45) is 4.84. The highest BCUT2D eigenvalue weighted by Gasteiger charge is 2.82. The molecule has 2 spiro atoms. The average Bonchev–Trinajstić information content (AvgIpc) is 2.98. The number of methoxy groups -OCH3 is 1. The van der Waals surface area contributed by atoms with Gasteiger partial charge in [0.1, 0.15) is 5.60 Å². The Hall–Kier alpha value is -1.85. The third kappa shape index (κ3) is 1.02. The summed E-state index contributed by atoms with van der Waals surface area (Å²) in [4.78, 5) is 15.1. The van der Waals surface area contributed by atoms with Crippen molar-refractivity contribution in [3.05, 3.63) is 35.4 Å². The largest absolute Gasteiger partial charge is 0.504 e. The Balaban J connectivity index is 1.77. The number of benzene rings is 1. The summed E-state index contributed by atoms with van der Waals surface area (Å²) < 4.78 is 12.3. The molecule has 1 aromatic carbocycles. The summed E-state index contributed by atoms with van der Waals surface area (Å²) in [5, 5.41) is 10.4. The van der Waals surface area contributed by atoms with Gasteiger partial charge < -0.3 is 14.6 Å². The second-order valence-electron chi connectivity index (χ2n) is 8.18. The zero-order valence-corrected chi connectivity index (χ0v) is 13.7. The van der Waals surface area contributed by atoms with Crippen LogP contribution in [0.1, 0.15) is 17.5 Å². The lowest BCUT2D eigenvalue weighted by molar-refractivity contribution is -0.145. The molecule has 5 atom stereocenters. The number of hydrogen-bond acceptors (Lipinski definition) is 5. The zero-order valence-electron chi connectivity index (χ0n) is 13.7. The number of carbonyl (C=O) groups is 1. The van der Waals surface area contributed by atoms with Crippen molar-refractivity contribution in [2.45, 2.75) is 36.0 Å². The lowest BCUT2D eigenvalue weighted by atomic mass is 9.59. The number of hydrogen-bond donors (Lipinski definition) is 1. The highest BCUT2D eigenvalue weighted by atomic mass is 16.5. The number of rotatable bonds is 1. The van der Waals surface area contributed by atoms with Gasteiger partial charge in [0.2, 0.25) is 0 Å². The summed E-state index contributed by atoms with van der Waals surface area (Å²) in [5.41, 5.74) is 1.23. The van der Waals surface area contributed by atoms with E-state index in [9.17, 15) is 9.90 Å². The predicted octanol–water partition coefficient (Wildman–Crippen LogP) is 1.18. The molecule has 3 aliphatic carbocycles. The fourth-order valence-electron chi connectivity index (χ4n) is 6.99. The van der Waals surface area contributed by atoms with Crippen LogP contribution in [-0.2, 0) is 21.4 Å². The Morgan fingerprint density at radius 1 is 1.42 bits per heavy atom. The van der Waals surface area contributed by atoms with Crippen molar-refractivity contribution in [2.75, 3.05) is 20.7 Å². The molecule has 1 saturated heterocycles. The van der Waals surface area contributed by atoms with Gasteiger partial charge in [0.05, 0.1) is 11.5 Å². The van der Waals surface area contributed by atoms with E-state index in [-0.39, 0.29) is 23.0 Å². The van der Waals surface area contributed by atoms with E-state index in [0.717, 1.165) is 24.9 Å². The third-order valence-electron chi connectivity index (χ3n) is 7.31. The van der Waals surface area contributed by atoms with Gasteiger partial charge in [-0.05, 0) is 43.7 Å². The molecule has 2 heterocycles. The van der Waals surface area contributed by atoms with Gasteiger partial charge in [-0.1, -0.05) is 6.07 Å². The van der Waals surface area contributed by atoms with Gasteiger partial charge >= 0.3 is 0 Å². The highest BCUT2D eigenvalue weighted by molar-refractivity contribution is 5.99. The third-order valence-corrected chi connectivity index (χ3v) is 7.31. The van der Waals surface area contributed by atoms with Crippen LogP contribution in [0.5, 0.6) is 11.5 Å². The molecule has 124 valence electrons. The minimum atomic E-state index is -0.597. The van der Waals surface area contributed by atoms with Gasteiger partial charge in [-0.2, -0.15) is 0 Å². The van der Waals surface area contributed by atoms with Gasteiger partial charge in [-0.25, -0.2) is 0 Å². The SMILES string of the molecule is CO[C@@]12C=CC(=O)[C@@H]3Oc4c(O)ccc5c4[C@@]31C[C@@]1(C5)CN(C)C12. The van der Waals surface area contributed by atoms with Crippen LogP contribution < -0.4 is 4.74 Å². The summed E-state index contributed by atoms with van der Waals surface area (Å²) in [6.45, 7) is 1.01. The van der Waals surface area contributed by atoms with E-state index in [1.165, 1.54) is 5.56 Å². The van der Waals surface area contributed by atoms with Crippen molar-refractivity contribution in [3.63, 3.8) is 0 Å². The highest BCUT2D eigenvalue weighted by Crippen LogP contribution is 2.74. The van der Waals surface area contributed by atoms with Crippen LogP contribution >= 0.6 is 0 Å². The molecule has 0 radical (unpaired) electrons. The number of likely N-dealkylation sites (N-methyl/N-ethyl adjacent to an activating group) is 1. The smallest absolute Gasteiger partial charge is 0.196 e. The monoisotopic (exact) mass is 325 g/mol. The van der Waals surface area contributed by atoms with Crippen LogP contribution in [0.3, 0.4) is 0 Å². The number of carbonyl (C=O) groups excluding carboxylic acids is 1. The molecule has 6 rings (SSSR count). The van der Waals surface area contributed by atoms with E-state index >= 15 is 0 Å². The van der Waals surface area contributed by atoms with Gasteiger partial charge in [0, 0.05) is 24.6 Å². The molecule has 2 bridgehead atoms. The summed E-state index contributed by atoms with van der Waals surface area (Å²) in [6, 6.07) is 3.94. The first-order valence-corrected chi connectivity index (χ1v) is 8.50. The van der Waals surface area contributed by atoms with Gasteiger partial charge in [-0.3, -0.25) is 9.69 Å². The van der Waals surface area contributed by atoms with Crippen molar-refractivity contribution in [3.8, 4) is 11.5 Å². The number of ether oxygens (including phenoxy) is 2. The first-order chi connectivity index (χ1) is 11.5. The Kier molecular flexibility index (Phi) is 1.99. The number of phenols is 1. The Bertz CT molecular complexity index is 863. The van der Waals surface area contributed by atoms with Gasteiger partial charge in [0.25, 0.3) is 0 Å². The maximum atomic E-state index is 12.7. The van der Waals surface area contributed by atoms with E-state index in [1.54, 1.807) is 19.3 Å². The molecule has 24 heavy (non-hydrogen) atoms. The molecule has 2 fully saturated rings. The number of phenolic OH excluding ortho intramolecular Hbond substituents is 1. The number of fused-ring (bicyclic) bond motifs is 1. The van der Waals surface area contributed by atoms with E-state index in [1.807, 2.05) is 12.1 Å². The predicted molar refractivity (Wildman–Crippen MR) is 85.3 cm³/mol. The summed E-state index contributed by atoms with van der Waals surface area (Å²) in [5.74, 6) is 0.596. The number of aromatic hydroxyl groups is 1. The quantitative estimate of drug-likeness (QED) is 0.840. The van der Waals surface area contributed by atoms with E-state index in [4.69, 9.17) is 9.47 Å². The van der Waals surface area contributed by atoms with Crippen molar-refractivity contribution < 1.29 is 19.4 Å². The molecule has 0 amide bonds. The van der Waals surface area contributed by atoms with E-state index in [2.05, 4.69) is 11.9 Å². The van der Waals surface area contributed by atoms with Crippen LogP contribution in [0.2, 0.25) is 0 Å². The average molecular weight is 325 g/mol. The van der Waals surface area contributed by atoms with Crippen LogP contribution in [0, 0.1) is 5.41 Å². The topological polar surface area (TPSA) is 59.0 Å². The van der Waals surface area contributed by atoms with Crippen LogP contribution in [0.4, 0.5) is 0 Å². The molecule has 1 N–H and O–H groups in total. The van der Waals surface area contributed by atoms with Gasteiger partial charge in [-0.15, -0.1) is 0 Å². The van der Waals surface area contributed by atoms with Crippen LogP contribution in [-0.4, -0.2) is 54.2 Å². The summed E-state index contributed by atoms with van der Waals surface area (Å²) >= 11 is 0. The fraction of sp³-hybridized carbons (Fsp3) is 0.526. The van der Waals surface area contributed by atoms with Crippen LogP contribution in [0.15, 0.2) is 24.3 Å². The molecule has 1 saturated carbocycles. The number of likely N-dealkylation sites (tertiary alicyclic amines) is 1. The van der Waals surface area contributed by atoms with Crippen molar-refractivity contribution >= 4 is 5.78 Å². The van der Waals surface area contributed by atoms with Crippen molar-refractivity contribution in [1.82, 2.24) is 4.90 Å². The molecule has 2 aliphatic heterocycles. The number of nitrogens with zero attached hydrogens (tertiary/aromatic N) is 1. The van der Waals surface area contributed by atoms with E-state index in [0.29, 0.717) is 5.75 Å². The Labute approximate surface area is 139 Å². The molecule has 1 unspecified atom stereocenters. The Morgan fingerprint density at radius 3 is 3.00 bits per heavy atom. The normalized spacial score (nSPS) is 46.3. The Morgan fingerprint density at radius 2 is 2.25 bits per heavy atom. The minimum Gasteiger partial charge on any atom is -0.504 e. The summed E-state index contributed by atoms with van der Waals surface area (Å²) in [7, 11) is 3.87. The van der Waals surface area contributed by atoms with Crippen molar-refractivity contribution in [1.29, 1.82) is 0 Å². The first kappa shape index (κ1) is 13.4. The zero-order chi connectivity index (χ0) is 16.5. The second-order valence-corrected chi connectivity index (χ2v) is 8.18. The number of ketones is 1. The maximum absolute atomic E-state index is 12.7. The molecule has 5 nitrogen and oxygen atoms in total. The molecule has 5 aliphatic rings. The lowest BCUT2D eigenvalue weighted by Gasteiger charge is -2.57. The van der Waals surface area contributed by atoms with Crippen molar-refractivity contribution in [2.24, 2.45) is 5.41 Å². The van der Waals surface area contributed by atoms with Crippen LogP contribution in [0.25, 0.3) is 0 Å². The first-order valence-electron chi connectivity index (χ1n) is 8.50. The lowest BCUT2D eigenvalue weighted by Crippen LogP contribution is -2.70. The van der Waals surface area contributed by atoms with Gasteiger partial charge in [0.15, 0.2) is 23.4 Å². The molecule has 0 aromatic heterocycles. The van der Waals surface area contributed by atoms with E-state index < -0.39 is 17.1 Å². The maximum Gasteiger partial charge on any atom is 0.196 e. The molecule has 5 heteroatoms. The molecular weight excluding hydrogens is 306 g/mol. The minimum absolute atomic E-state index is 0.0229. The molecular formula is C19H19NO4. The second kappa shape index (κ2) is 3.55.